The third kappa shape index (κ3) is 6.76. The van der Waals surface area contributed by atoms with Crippen LogP contribution in [-0.2, 0) is 32.1 Å². The van der Waals surface area contributed by atoms with Crippen molar-refractivity contribution < 1.29 is 19.1 Å². The number of esters is 1. The highest BCUT2D eigenvalue weighted by Gasteiger charge is 2.10. The minimum Gasteiger partial charge on any atom is -0.454 e. The fourth-order valence-electron chi connectivity index (χ4n) is 2.26. The van der Waals surface area contributed by atoms with Crippen LogP contribution >= 0.6 is 0 Å². The molecule has 0 saturated carbocycles. The Kier molecular flexibility index (Phi) is 7.36. The van der Waals surface area contributed by atoms with Crippen molar-refractivity contribution >= 4 is 17.8 Å². The summed E-state index contributed by atoms with van der Waals surface area (Å²) in [6.07, 6.45) is 0.186. The predicted octanol–water partition coefficient (Wildman–Crippen LogP) is 1.51. The molecule has 2 aromatic carbocycles. The summed E-state index contributed by atoms with van der Waals surface area (Å²) in [5.74, 6) is -1.33. The molecule has 2 amide bonds. The van der Waals surface area contributed by atoms with Crippen molar-refractivity contribution in [2.75, 3.05) is 13.2 Å². The molecule has 0 aliphatic carbocycles. The Morgan fingerprint density at radius 3 is 2.31 bits per heavy atom. The Labute approximate surface area is 152 Å². The molecule has 0 atom stereocenters. The van der Waals surface area contributed by atoms with Crippen molar-refractivity contribution in [3.8, 4) is 0 Å². The summed E-state index contributed by atoms with van der Waals surface area (Å²) in [6, 6.07) is 16.9. The molecule has 2 N–H and O–H groups in total. The van der Waals surface area contributed by atoms with E-state index in [9.17, 15) is 14.4 Å². The van der Waals surface area contributed by atoms with E-state index in [2.05, 4.69) is 10.6 Å². The van der Waals surface area contributed by atoms with E-state index in [1.807, 2.05) is 61.5 Å². The van der Waals surface area contributed by atoms with Crippen LogP contribution in [0.3, 0.4) is 0 Å². The average Bonchev–Trinajstić information content (AvgIpc) is 2.65. The first-order valence-corrected chi connectivity index (χ1v) is 8.32. The molecular weight excluding hydrogens is 332 g/mol. The predicted molar refractivity (Wildman–Crippen MR) is 97.1 cm³/mol. The van der Waals surface area contributed by atoms with Gasteiger partial charge in [0.05, 0.1) is 6.42 Å². The minimum atomic E-state index is -0.655. The fraction of sp³-hybridized carbons (Fsp3) is 0.250. The van der Waals surface area contributed by atoms with Gasteiger partial charge in [0.25, 0.3) is 5.91 Å². The average molecular weight is 354 g/mol. The second-order valence-corrected chi connectivity index (χ2v) is 5.80. The van der Waals surface area contributed by atoms with Gasteiger partial charge in [-0.25, -0.2) is 0 Å². The molecular formula is C20H22N2O4. The second kappa shape index (κ2) is 9.98. The summed E-state index contributed by atoms with van der Waals surface area (Å²) in [7, 11) is 0. The molecule has 6 nitrogen and oxygen atoms in total. The van der Waals surface area contributed by atoms with E-state index in [-0.39, 0.29) is 25.5 Å². The molecule has 0 heterocycles. The molecule has 0 aliphatic heterocycles. The van der Waals surface area contributed by atoms with E-state index in [1.54, 1.807) is 0 Å². The van der Waals surface area contributed by atoms with Crippen LogP contribution in [0.5, 0.6) is 0 Å². The Hall–Kier alpha value is -3.15. The van der Waals surface area contributed by atoms with Gasteiger partial charge in [-0.3, -0.25) is 14.4 Å². The molecule has 0 aromatic heterocycles. The molecule has 6 heteroatoms. The summed E-state index contributed by atoms with van der Waals surface area (Å²) < 4.78 is 4.86. The van der Waals surface area contributed by atoms with E-state index in [1.165, 1.54) is 0 Å². The summed E-state index contributed by atoms with van der Waals surface area (Å²) in [6.45, 7) is 1.69. The van der Waals surface area contributed by atoms with Crippen LogP contribution in [0.4, 0.5) is 0 Å². The van der Waals surface area contributed by atoms with Crippen LogP contribution in [0.25, 0.3) is 0 Å². The van der Waals surface area contributed by atoms with E-state index in [4.69, 9.17) is 4.74 Å². The Morgan fingerprint density at radius 2 is 1.58 bits per heavy atom. The van der Waals surface area contributed by atoms with Gasteiger partial charge in [0, 0.05) is 6.54 Å². The SMILES string of the molecule is Cc1ccccc1CNC(=O)COC(=O)CNC(=O)Cc1ccccc1. The zero-order chi connectivity index (χ0) is 18.8. The minimum absolute atomic E-state index is 0.186. The Bertz CT molecular complexity index is 759. The van der Waals surface area contributed by atoms with Crippen molar-refractivity contribution in [3.05, 3.63) is 71.3 Å². The molecule has 26 heavy (non-hydrogen) atoms. The van der Waals surface area contributed by atoms with E-state index in [0.717, 1.165) is 16.7 Å². The van der Waals surface area contributed by atoms with Crippen molar-refractivity contribution in [3.63, 3.8) is 0 Å². The van der Waals surface area contributed by atoms with Gasteiger partial charge < -0.3 is 15.4 Å². The van der Waals surface area contributed by atoms with Gasteiger partial charge in [-0.15, -0.1) is 0 Å². The number of carbonyl (C=O) groups is 3. The number of hydrogen-bond acceptors (Lipinski definition) is 4. The van der Waals surface area contributed by atoms with Crippen molar-refractivity contribution in [1.82, 2.24) is 10.6 Å². The maximum Gasteiger partial charge on any atom is 0.325 e. The fourth-order valence-corrected chi connectivity index (χ4v) is 2.26. The molecule has 2 rings (SSSR count). The van der Waals surface area contributed by atoms with Gasteiger partial charge in [-0.1, -0.05) is 54.6 Å². The first-order valence-electron chi connectivity index (χ1n) is 8.32. The maximum absolute atomic E-state index is 11.7. The van der Waals surface area contributed by atoms with Crippen LogP contribution in [-0.4, -0.2) is 30.9 Å². The van der Waals surface area contributed by atoms with Crippen LogP contribution in [0, 0.1) is 6.92 Å². The number of benzene rings is 2. The lowest BCUT2D eigenvalue weighted by Crippen LogP contribution is -2.34. The standard InChI is InChI=1S/C20H22N2O4/c1-15-7-5-6-10-17(15)12-21-19(24)14-26-20(25)13-22-18(23)11-16-8-3-2-4-9-16/h2-10H,11-14H2,1H3,(H,21,24)(H,22,23). The lowest BCUT2D eigenvalue weighted by Gasteiger charge is -2.09. The summed E-state index contributed by atoms with van der Waals surface area (Å²) in [5, 5.41) is 5.16. The summed E-state index contributed by atoms with van der Waals surface area (Å²) in [4.78, 5) is 35.1. The largest absolute Gasteiger partial charge is 0.454 e. The van der Waals surface area contributed by atoms with E-state index < -0.39 is 11.9 Å². The van der Waals surface area contributed by atoms with Crippen molar-refractivity contribution in [2.24, 2.45) is 0 Å². The molecule has 0 aliphatic rings. The molecule has 0 bridgehead atoms. The van der Waals surface area contributed by atoms with Crippen LogP contribution in [0.15, 0.2) is 54.6 Å². The molecule has 0 spiro atoms. The number of nitrogens with one attached hydrogen (secondary N) is 2. The molecule has 0 fully saturated rings. The second-order valence-electron chi connectivity index (χ2n) is 5.80. The number of carbonyl (C=O) groups excluding carboxylic acids is 3. The lowest BCUT2D eigenvalue weighted by molar-refractivity contribution is -0.148. The van der Waals surface area contributed by atoms with Gasteiger partial charge in [-0.05, 0) is 23.6 Å². The zero-order valence-corrected chi connectivity index (χ0v) is 14.7. The third-order valence-electron chi connectivity index (χ3n) is 3.74. The van der Waals surface area contributed by atoms with E-state index in [0.29, 0.717) is 6.54 Å². The van der Waals surface area contributed by atoms with Gasteiger partial charge in [-0.2, -0.15) is 0 Å². The van der Waals surface area contributed by atoms with Crippen LogP contribution < -0.4 is 10.6 Å². The summed E-state index contributed by atoms with van der Waals surface area (Å²) in [5.41, 5.74) is 2.93. The Morgan fingerprint density at radius 1 is 0.885 bits per heavy atom. The highest BCUT2D eigenvalue weighted by atomic mass is 16.5. The number of hydrogen-bond donors (Lipinski definition) is 2. The monoisotopic (exact) mass is 354 g/mol. The molecule has 0 radical (unpaired) electrons. The first-order chi connectivity index (χ1) is 12.5. The number of amides is 2. The first kappa shape index (κ1) is 19.2. The highest BCUT2D eigenvalue weighted by Crippen LogP contribution is 2.05. The third-order valence-corrected chi connectivity index (χ3v) is 3.74. The molecule has 0 saturated heterocycles. The van der Waals surface area contributed by atoms with Gasteiger partial charge in [0.2, 0.25) is 5.91 Å². The van der Waals surface area contributed by atoms with Crippen molar-refractivity contribution in [2.45, 2.75) is 19.9 Å². The zero-order valence-electron chi connectivity index (χ0n) is 14.7. The summed E-state index contributed by atoms with van der Waals surface area (Å²) >= 11 is 0. The topological polar surface area (TPSA) is 84.5 Å². The highest BCUT2D eigenvalue weighted by molar-refractivity contribution is 5.85. The van der Waals surface area contributed by atoms with Gasteiger partial charge in [0.15, 0.2) is 6.61 Å². The normalized spacial score (nSPS) is 10.0. The van der Waals surface area contributed by atoms with Crippen LogP contribution in [0.1, 0.15) is 16.7 Å². The number of ether oxygens (including phenoxy) is 1. The molecule has 2 aromatic rings. The molecule has 136 valence electrons. The van der Waals surface area contributed by atoms with Gasteiger partial charge in [0.1, 0.15) is 6.54 Å². The molecule has 0 unspecified atom stereocenters. The number of aryl methyl sites for hydroxylation is 1. The van der Waals surface area contributed by atoms with Gasteiger partial charge >= 0.3 is 5.97 Å². The Balaban J connectivity index is 1.62. The quantitative estimate of drug-likeness (QED) is 0.704. The number of rotatable bonds is 8. The van der Waals surface area contributed by atoms with Crippen LogP contribution in [0.2, 0.25) is 0 Å². The maximum atomic E-state index is 11.7. The smallest absolute Gasteiger partial charge is 0.325 e. The lowest BCUT2D eigenvalue weighted by atomic mass is 10.1. The van der Waals surface area contributed by atoms with Crippen molar-refractivity contribution in [1.29, 1.82) is 0 Å². The van der Waals surface area contributed by atoms with E-state index >= 15 is 0 Å².